The molecule has 0 spiro atoms. The lowest BCUT2D eigenvalue weighted by atomic mass is 10.1. The molecule has 146 valence electrons. The molecule has 4 nitrogen and oxygen atoms in total. The van der Waals surface area contributed by atoms with Gasteiger partial charge in [0, 0.05) is 29.8 Å². The number of amides is 1. The monoisotopic (exact) mass is 433 g/mol. The first-order valence-electron chi connectivity index (χ1n) is 8.77. The summed E-state index contributed by atoms with van der Waals surface area (Å²) >= 11 is 8.75. The average molecular weight is 434 g/mol. The number of ether oxygens (including phenoxy) is 1. The van der Waals surface area contributed by atoms with E-state index < -0.39 is 0 Å². The largest absolute Gasteiger partial charge is 0.496 e. The van der Waals surface area contributed by atoms with Gasteiger partial charge in [-0.1, -0.05) is 35.9 Å². The van der Waals surface area contributed by atoms with Crippen LogP contribution in [0.2, 0.25) is 4.34 Å². The molecule has 2 heterocycles. The van der Waals surface area contributed by atoms with Gasteiger partial charge in [-0.3, -0.25) is 9.59 Å². The van der Waals surface area contributed by atoms with Gasteiger partial charge in [-0.2, -0.15) is 0 Å². The SMILES string of the molecule is COc1ccccc1CN(Cc1cccs1)C(=O)CCC(=O)c1ccc(Cl)s1. The van der Waals surface area contributed by atoms with E-state index in [0.717, 1.165) is 16.2 Å². The summed E-state index contributed by atoms with van der Waals surface area (Å²) in [5.74, 6) is 0.629. The minimum absolute atomic E-state index is 0.0568. The molecular weight excluding hydrogens is 414 g/mol. The Kier molecular flexibility index (Phi) is 7.25. The van der Waals surface area contributed by atoms with Crippen molar-refractivity contribution in [2.45, 2.75) is 25.9 Å². The van der Waals surface area contributed by atoms with Gasteiger partial charge in [-0.15, -0.1) is 22.7 Å². The summed E-state index contributed by atoms with van der Waals surface area (Å²) < 4.78 is 5.99. The Labute approximate surface area is 177 Å². The van der Waals surface area contributed by atoms with Crippen LogP contribution in [0.5, 0.6) is 5.75 Å². The Bertz CT molecular complexity index is 937. The van der Waals surface area contributed by atoms with Crippen molar-refractivity contribution < 1.29 is 14.3 Å². The van der Waals surface area contributed by atoms with E-state index in [1.54, 1.807) is 35.5 Å². The number of ketones is 1. The number of hydrogen-bond acceptors (Lipinski definition) is 5. The number of rotatable bonds is 9. The number of hydrogen-bond donors (Lipinski definition) is 0. The number of Topliss-reactive ketones (excluding diaryl/α,β-unsaturated/α-hetero) is 1. The molecule has 0 aliphatic rings. The molecule has 0 atom stereocenters. The standard InChI is InChI=1S/C21H20ClNO3S2/c1-26-18-7-3-2-5-15(18)13-23(14-16-6-4-12-27-16)21(25)11-8-17(24)19-9-10-20(22)28-19/h2-7,9-10,12H,8,11,13-14H2,1H3. The van der Waals surface area contributed by atoms with E-state index in [9.17, 15) is 9.59 Å². The molecule has 1 amide bonds. The lowest BCUT2D eigenvalue weighted by molar-refractivity contribution is -0.132. The predicted molar refractivity (Wildman–Crippen MR) is 114 cm³/mol. The molecule has 0 saturated heterocycles. The van der Waals surface area contributed by atoms with E-state index in [4.69, 9.17) is 16.3 Å². The van der Waals surface area contributed by atoms with Crippen LogP contribution in [0.4, 0.5) is 0 Å². The van der Waals surface area contributed by atoms with Crippen molar-refractivity contribution in [2.75, 3.05) is 7.11 Å². The number of nitrogens with zero attached hydrogens (tertiary/aromatic N) is 1. The molecule has 0 aliphatic carbocycles. The average Bonchev–Trinajstić information content (AvgIpc) is 3.37. The Morgan fingerprint density at radius 1 is 1.04 bits per heavy atom. The summed E-state index contributed by atoms with van der Waals surface area (Å²) in [5, 5.41) is 1.99. The lowest BCUT2D eigenvalue weighted by Crippen LogP contribution is -2.30. The minimum atomic E-state index is -0.0599. The summed E-state index contributed by atoms with van der Waals surface area (Å²) in [6.07, 6.45) is 0.331. The van der Waals surface area contributed by atoms with E-state index in [2.05, 4.69) is 0 Å². The molecule has 0 aliphatic heterocycles. The van der Waals surface area contributed by atoms with Crippen LogP contribution in [0.25, 0.3) is 0 Å². The van der Waals surface area contributed by atoms with Crippen LogP contribution in [0.3, 0.4) is 0 Å². The number of carbonyl (C=O) groups excluding carboxylic acids is 2. The van der Waals surface area contributed by atoms with E-state index in [0.29, 0.717) is 22.3 Å². The highest BCUT2D eigenvalue weighted by Crippen LogP contribution is 2.24. The number of halogens is 1. The van der Waals surface area contributed by atoms with Gasteiger partial charge in [-0.25, -0.2) is 0 Å². The van der Waals surface area contributed by atoms with Gasteiger partial charge in [0.05, 0.1) is 22.9 Å². The highest BCUT2D eigenvalue weighted by atomic mass is 35.5. The van der Waals surface area contributed by atoms with Crippen LogP contribution in [-0.4, -0.2) is 23.7 Å². The number of carbonyl (C=O) groups is 2. The fraction of sp³-hybridized carbons (Fsp3) is 0.238. The molecule has 28 heavy (non-hydrogen) atoms. The minimum Gasteiger partial charge on any atom is -0.496 e. The molecule has 0 N–H and O–H groups in total. The van der Waals surface area contributed by atoms with Gasteiger partial charge in [0.25, 0.3) is 0 Å². The molecule has 3 rings (SSSR count). The van der Waals surface area contributed by atoms with Gasteiger partial charge in [0.1, 0.15) is 5.75 Å². The van der Waals surface area contributed by atoms with Gasteiger partial charge < -0.3 is 9.64 Å². The summed E-state index contributed by atoms with van der Waals surface area (Å²) in [6.45, 7) is 0.938. The molecule has 2 aromatic heterocycles. The molecular formula is C21H20ClNO3S2. The van der Waals surface area contributed by atoms with Crippen molar-refractivity contribution in [3.63, 3.8) is 0 Å². The topological polar surface area (TPSA) is 46.6 Å². The third kappa shape index (κ3) is 5.44. The Balaban J connectivity index is 1.70. The highest BCUT2D eigenvalue weighted by molar-refractivity contribution is 7.18. The zero-order chi connectivity index (χ0) is 19.9. The first kappa shape index (κ1) is 20.6. The van der Waals surface area contributed by atoms with Crippen LogP contribution < -0.4 is 4.74 Å². The van der Waals surface area contributed by atoms with Crippen LogP contribution in [-0.2, 0) is 17.9 Å². The summed E-state index contributed by atoms with van der Waals surface area (Å²) in [4.78, 5) is 28.7. The lowest BCUT2D eigenvalue weighted by Gasteiger charge is -2.23. The van der Waals surface area contributed by atoms with E-state index in [1.807, 2.05) is 41.8 Å². The van der Waals surface area contributed by atoms with E-state index in [1.165, 1.54) is 11.3 Å². The van der Waals surface area contributed by atoms with Crippen molar-refractivity contribution in [2.24, 2.45) is 0 Å². The van der Waals surface area contributed by atoms with Crippen molar-refractivity contribution in [1.82, 2.24) is 4.90 Å². The Morgan fingerprint density at radius 2 is 1.86 bits per heavy atom. The first-order chi connectivity index (χ1) is 13.6. The molecule has 0 bridgehead atoms. The molecule has 0 radical (unpaired) electrons. The first-order valence-corrected chi connectivity index (χ1v) is 10.8. The summed E-state index contributed by atoms with van der Waals surface area (Å²) in [7, 11) is 1.62. The zero-order valence-electron chi connectivity index (χ0n) is 15.4. The quantitative estimate of drug-likeness (QED) is 0.409. The van der Waals surface area contributed by atoms with Gasteiger partial charge in [0.2, 0.25) is 5.91 Å². The van der Waals surface area contributed by atoms with E-state index >= 15 is 0 Å². The maximum absolute atomic E-state index is 12.9. The number of thiophene rings is 2. The molecule has 1 aromatic carbocycles. The Hall–Kier alpha value is -2.15. The second kappa shape index (κ2) is 9.87. The molecule has 0 fully saturated rings. The number of methoxy groups -OCH3 is 1. The fourth-order valence-electron chi connectivity index (χ4n) is 2.83. The van der Waals surface area contributed by atoms with Crippen LogP contribution >= 0.6 is 34.3 Å². The number of para-hydroxylation sites is 1. The van der Waals surface area contributed by atoms with Crippen LogP contribution in [0, 0.1) is 0 Å². The second-order valence-corrected chi connectivity index (χ2v) is 8.92. The van der Waals surface area contributed by atoms with Crippen molar-refractivity contribution in [1.29, 1.82) is 0 Å². The molecule has 3 aromatic rings. The maximum Gasteiger partial charge on any atom is 0.223 e. The molecule has 0 unspecified atom stereocenters. The van der Waals surface area contributed by atoms with Crippen molar-refractivity contribution in [3.05, 3.63) is 73.6 Å². The van der Waals surface area contributed by atoms with Gasteiger partial charge in [-0.05, 0) is 29.6 Å². The summed E-state index contributed by atoms with van der Waals surface area (Å²) in [6, 6.07) is 15.0. The third-order valence-electron chi connectivity index (χ3n) is 4.25. The number of benzene rings is 1. The second-order valence-electron chi connectivity index (χ2n) is 6.17. The normalized spacial score (nSPS) is 10.6. The third-order valence-corrected chi connectivity index (χ3v) is 6.38. The van der Waals surface area contributed by atoms with Crippen LogP contribution in [0.15, 0.2) is 53.9 Å². The van der Waals surface area contributed by atoms with Crippen molar-refractivity contribution in [3.8, 4) is 5.75 Å². The summed E-state index contributed by atoms with van der Waals surface area (Å²) in [5.41, 5.74) is 0.936. The zero-order valence-corrected chi connectivity index (χ0v) is 17.8. The maximum atomic E-state index is 12.9. The molecule has 7 heteroatoms. The van der Waals surface area contributed by atoms with Gasteiger partial charge in [0.15, 0.2) is 5.78 Å². The van der Waals surface area contributed by atoms with Crippen LogP contribution in [0.1, 0.15) is 33.0 Å². The smallest absolute Gasteiger partial charge is 0.223 e. The van der Waals surface area contributed by atoms with Crippen molar-refractivity contribution >= 4 is 46.0 Å². The van der Waals surface area contributed by atoms with E-state index in [-0.39, 0.29) is 24.5 Å². The molecule has 0 saturated carbocycles. The fourth-order valence-corrected chi connectivity index (χ4v) is 4.56. The highest BCUT2D eigenvalue weighted by Gasteiger charge is 2.19. The Morgan fingerprint density at radius 3 is 2.54 bits per heavy atom. The predicted octanol–water partition coefficient (Wildman–Crippen LogP) is 5.66. The van der Waals surface area contributed by atoms with Gasteiger partial charge >= 0.3 is 0 Å².